The molecular weight excluding hydrogens is 398 g/mol. The van der Waals surface area contributed by atoms with Crippen LogP contribution in [0, 0.1) is 0 Å². The second-order valence-electron chi connectivity index (χ2n) is 6.85. The lowest BCUT2D eigenvalue weighted by atomic mass is 10.1. The van der Waals surface area contributed by atoms with E-state index in [1.165, 1.54) is 5.56 Å². The molecule has 0 aliphatic heterocycles. The largest absolute Gasteiger partial charge is 0.481 e. The van der Waals surface area contributed by atoms with Gasteiger partial charge in [-0.3, -0.25) is 4.79 Å². The van der Waals surface area contributed by atoms with Crippen molar-refractivity contribution < 1.29 is 19.4 Å². The van der Waals surface area contributed by atoms with E-state index in [-0.39, 0.29) is 11.2 Å². The first kappa shape index (κ1) is 23.5. The number of thioether (sulfide) groups is 1. The Balaban J connectivity index is 2.30. The first-order valence-electron chi connectivity index (χ1n) is 10.0. The average molecular weight is 428 g/mol. The van der Waals surface area contributed by atoms with Gasteiger partial charge in [-0.25, -0.2) is 4.79 Å². The van der Waals surface area contributed by atoms with E-state index in [9.17, 15) is 9.59 Å². The highest BCUT2D eigenvalue weighted by atomic mass is 32.2. The van der Waals surface area contributed by atoms with Crippen molar-refractivity contribution >= 4 is 29.2 Å². The molecule has 0 fully saturated rings. The van der Waals surface area contributed by atoms with Crippen LogP contribution in [0.2, 0.25) is 0 Å². The Kier molecular flexibility index (Phi) is 8.99. The maximum atomic E-state index is 12.4. The molecule has 0 aromatic heterocycles. The van der Waals surface area contributed by atoms with Crippen molar-refractivity contribution in [2.24, 2.45) is 0 Å². The topological polar surface area (TPSA) is 66.8 Å². The standard InChI is InChI=1S/C24H29NO4S/c1-5-25(6-2)23(26)14-17(3)20-12-13-22(21(15-20)29-16-24(27)28)30-18(4)19-10-8-7-9-11-19/h7-15,18H,5-6,16H2,1-4H3,(H,27,28)/b17-14-. The van der Waals surface area contributed by atoms with Crippen molar-refractivity contribution in [1.29, 1.82) is 0 Å². The number of hydrogen-bond acceptors (Lipinski definition) is 4. The van der Waals surface area contributed by atoms with Gasteiger partial charge in [0.25, 0.3) is 0 Å². The lowest BCUT2D eigenvalue weighted by molar-refractivity contribution is -0.139. The Hall–Kier alpha value is -2.73. The highest BCUT2D eigenvalue weighted by molar-refractivity contribution is 7.99. The van der Waals surface area contributed by atoms with E-state index in [1.807, 2.05) is 57.2 Å². The first-order valence-corrected chi connectivity index (χ1v) is 10.9. The molecule has 30 heavy (non-hydrogen) atoms. The Morgan fingerprint density at radius 2 is 1.80 bits per heavy atom. The molecule has 0 bridgehead atoms. The molecule has 5 nitrogen and oxygen atoms in total. The molecule has 1 unspecified atom stereocenters. The van der Waals surface area contributed by atoms with Crippen molar-refractivity contribution in [3.05, 3.63) is 65.7 Å². The minimum Gasteiger partial charge on any atom is -0.481 e. The molecular formula is C24H29NO4S. The van der Waals surface area contributed by atoms with E-state index >= 15 is 0 Å². The number of allylic oxidation sites excluding steroid dienone is 1. The van der Waals surface area contributed by atoms with E-state index < -0.39 is 12.6 Å². The van der Waals surface area contributed by atoms with E-state index in [4.69, 9.17) is 9.84 Å². The molecule has 0 heterocycles. The predicted octanol–water partition coefficient (Wildman–Crippen LogP) is 5.28. The number of hydrogen-bond donors (Lipinski definition) is 1. The van der Waals surface area contributed by atoms with Gasteiger partial charge >= 0.3 is 5.97 Å². The Morgan fingerprint density at radius 3 is 2.40 bits per heavy atom. The third-order valence-corrected chi connectivity index (χ3v) is 5.95. The third kappa shape index (κ3) is 6.66. The van der Waals surface area contributed by atoms with Gasteiger partial charge in [-0.15, -0.1) is 11.8 Å². The molecule has 160 valence electrons. The normalized spacial score (nSPS) is 12.3. The summed E-state index contributed by atoms with van der Waals surface area (Å²) < 4.78 is 5.58. The van der Waals surface area contributed by atoms with Crippen molar-refractivity contribution in [2.45, 2.75) is 37.8 Å². The monoisotopic (exact) mass is 427 g/mol. The van der Waals surface area contributed by atoms with Crippen LogP contribution in [0.25, 0.3) is 5.57 Å². The van der Waals surface area contributed by atoms with Crippen LogP contribution in [-0.2, 0) is 9.59 Å². The van der Waals surface area contributed by atoms with E-state index in [0.717, 1.165) is 16.0 Å². The van der Waals surface area contributed by atoms with Crippen LogP contribution in [0.4, 0.5) is 0 Å². The minimum atomic E-state index is -1.03. The molecule has 1 atom stereocenters. The van der Waals surface area contributed by atoms with Gasteiger partial charge in [-0.05, 0) is 56.5 Å². The van der Waals surface area contributed by atoms with Crippen LogP contribution in [0.5, 0.6) is 5.75 Å². The van der Waals surface area contributed by atoms with Crippen LogP contribution in [0.1, 0.15) is 44.1 Å². The highest BCUT2D eigenvalue weighted by Gasteiger charge is 2.15. The molecule has 6 heteroatoms. The molecule has 0 spiro atoms. The third-order valence-electron chi connectivity index (χ3n) is 4.74. The summed E-state index contributed by atoms with van der Waals surface area (Å²) in [6.45, 7) is 8.75. The number of carbonyl (C=O) groups excluding carboxylic acids is 1. The number of carboxylic acids is 1. The smallest absolute Gasteiger partial charge is 0.341 e. The van der Waals surface area contributed by atoms with Crippen molar-refractivity contribution in [3.63, 3.8) is 0 Å². The predicted molar refractivity (Wildman–Crippen MR) is 122 cm³/mol. The molecule has 2 aromatic rings. The van der Waals surface area contributed by atoms with Crippen LogP contribution in [0.15, 0.2) is 59.5 Å². The number of carbonyl (C=O) groups is 2. The second kappa shape index (κ2) is 11.5. The van der Waals surface area contributed by atoms with E-state index in [2.05, 4.69) is 19.1 Å². The average Bonchev–Trinajstić information content (AvgIpc) is 2.74. The quantitative estimate of drug-likeness (QED) is 0.413. The summed E-state index contributed by atoms with van der Waals surface area (Å²) in [4.78, 5) is 26.0. The lowest BCUT2D eigenvalue weighted by Gasteiger charge is -2.18. The maximum absolute atomic E-state index is 12.4. The van der Waals surface area contributed by atoms with Gasteiger partial charge in [0.2, 0.25) is 5.91 Å². The number of ether oxygens (including phenoxy) is 1. The highest BCUT2D eigenvalue weighted by Crippen LogP contribution is 2.40. The first-order chi connectivity index (χ1) is 14.3. The van der Waals surface area contributed by atoms with Gasteiger partial charge in [-0.2, -0.15) is 0 Å². The lowest BCUT2D eigenvalue weighted by Crippen LogP contribution is -2.28. The zero-order chi connectivity index (χ0) is 22.1. The van der Waals surface area contributed by atoms with E-state index in [1.54, 1.807) is 22.7 Å². The number of nitrogens with zero attached hydrogens (tertiary/aromatic N) is 1. The van der Waals surface area contributed by atoms with Crippen LogP contribution < -0.4 is 4.74 Å². The Labute approximate surface area is 182 Å². The van der Waals surface area contributed by atoms with Crippen molar-refractivity contribution in [2.75, 3.05) is 19.7 Å². The second-order valence-corrected chi connectivity index (χ2v) is 8.24. The fourth-order valence-corrected chi connectivity index (χ4v) is 4.04. The molecule has 0 aliphatic carbocycles. The fraction of sp³-hybridized carbons (Fsp3) is 0.333. The molecule has 1 N–H and O–H groups in total. The molecule has 0 saturated carbocycles. The molecule has 2 aromatic carbocycles. The minimum absolute atomic E-state index is 0.0401. The Bertz CT molecular complexity index is 891. The van der Waals surface area contributed by atoms with Gasteiger partial charge in [0, 0.05) is 24.4 Å². The SMILES string of the molecule is CCN(CC)C(=O)/C=C(/C)c1ccc(SC(C)c2ccccc2)c(OCC(=O)O)c1. The van der Waals surface area contributed by atoms with Crippen molar-refractivity contribution in [1.82, 2.24) is 4.90 Å². The van der Waals surface area contributed by atoms with Gasteiger partial charge in [0.05, 0.1) is 4.90 Å². The summed E-state index contributed by atoms with van der Waals surface area (Å²) >= 11 is 1.61. The maximum Gasteiger partial charge on any atom is 0.341 e. The number of rotatable bonds is 10. The molecule has 2 rings (SSSR count). The van der Waals surface area contributed by atoms with Gasteiger partial charge in [-0.1, -0.05) is 36.4 Å². The number of benzene rings is 2. The summed E-state index contributed by atoms with van der Waals surface area (Å²) in [7, 11) is 0. The molecule has 0 radical (unpaired) electrons. The number of carboxylic acid groups (broad SMARTS) is 1. The van der Waals surface area contributed by atoms with Gasteiger partial charge in [0.1, 0.15) is 5.75 Å². The zero-order valence-electron chi connectivity index (χ0n) is 17.9. The molecule has 0 aliphatic rings. The number of aliphatic carboxylic acids is 1. The molecule has 0 saturated heterocycles. The fourth-order valence-electron chi connectivity index (χ4n) is 2.98. The summed E-state index contributed by atoms with van der Waals surface area (Å²) in [5.74, 6) is -0.566. The summed E-state index contributed by atoms with van der Waals surface area (Å²) in [6, 6.07) is 15.8. The van der Waals surface area contributed by atoms with Crippen LogP contribution >= 0.6 is 11.8 Å². The summed E-state index contributed by atoms with van der Waals surface area (Å²) in [5, 5.41) is 9.22. The summed E-state index contributed by atoms with van der Waals surface area (Å²) in [5.41, 5.74) is 2.81. The summed E-state index contributed by atoms with van der Waals surface area (Å²) in [6.07, 6.45) is 1.61. The van der Waals surface area contributed by atoms with Crippen molar-refractivity contribution in [3.8, 4) is 5.75 Å². The van der Waals surface area contributed by atoms with Gasteiger partial charge in [0.15, 0.2) is 6.61 Å². The van der Waals surface area contributed by atoms with E-state index in [0.29, 0.717) is 18.8 Å². The van der Waals surface area contributed by atoms with Crippen LogP contribution in [-0.4, -0.2) is 41.6 Å². The number of likely N-dealkylation sites (N-methyl/N-ethyl adjacent to an activating group) is 1. The molecule has 1 amide bonds. The number of amides is 1. The Morgan fingerprint density at radius 1 is 1.13 bits per heavy atom. The van der Waals surface area contributed by atoms with Crippen LogP contribution in [0.3, 0.4) is 0 Å². The zero-order valence-corrected chi connectivity index (χ0v) is 18.7. The van der Waals surface area contributed by atoms with Gasteiger partial charge < -0.3 is 14.7 Å².